The van der Waals surface area contributed by atoms with Gasteiger partial charge in [0.2, 0.25) is 0 Å². The van der Waals surface area contributed by atoms with E-state index < -0.39 is 0 Å². The first-order valence-corrected chi connectivity index (χ1v) is 16.6. The van der Waals surface area contributed by atoms with Crippen molar-refractivity contribution in [2.45, 2.75) is 0 Å². The normalized spacial score (nSPS) is 11.6. The van der Waals surface area contributed by atoms with E-state index in [0.29, 0.717) is 17.5 Å². The Bertz CT molecular complexity index is 2850. The van der Waals surface area contributed by atoms with Crippen molar-refractivity contribution in [3.05, 3.63) is 164 Å². The number of furan rings is 2. The Morgan fingerprint density at radius 2 is 0.740 bits per heavy atom. The van der Waals surface area contributed by atoms with Crippen LogP contribution in [0.5, 0.6) is 0 Å². The number of nitrogens with zero attached hydrogens (tertiary/aromatic N) is 3. The van der Waals surface area contributed by atoms with Gasteiger partial charge >= 0.3 is 0 Å². The van der Waals surface area contributed by atoms with E-state index in [1.807, 2.05) is 60.7 Å². The van der Waals surface area contributed by atoms with Crippen molar-refractivity contribution in [3.63, 3.8) is 0 Å². The summed E-state index contributed by atoms with van der Waals surface area (Å²) in [5.41, 5.74) is 10.3. The zero-order valence-corrected chi connectivity index (χ0v) is 26.7. The van der Waals surface area contributed by atoms with Crippen molar-refractivity contribution in [1.82, 2.24) is 15.0 Å². The lowest BCUT2D eigenvalue weighted by atomic mass is 10.00. The number of hydrogen-bond donors (Lipinski definition) is 0. The molecule has 0 aliphatic rings. The fraction of sp³-hybridized carbons (Fsp3) is 0. The predicted octanol–water partition coefficient (Wildman–Crippen LogP) is 12.0. The molecule has 0 atom stereocenters. The Balaban J connectivity index is 1.11. The highest BCUT2D eigenvalue weighted by molar-refractivity contribution is 6.15. The van der Waals surface area contributed by atoms with Gasteiger partial charge in [-0.1, -0.05) is 146 Å². The Morgan fingerprint density at radius 3 is 1.40 bits per heavy atom. The molecule has 5 heteroatoms. The van der Waals surface area contributed by atoms with Gasteiger partial charge in [-0.25, -0.2) is 15.0 Å². The third-order valence-electron chi connectivity index (χ3n) is 9.37. The Labute approximate surface area is 287 Å². The monoisotopic (exact) mass is 641 g/mol. The van der Waals surface area contributed by atoms with Gasteiger partial charge in [0, 0.05) is 49.4 Å². The third kappa shape index (κ3) is 4.67. The van der Waals surface area contributed by atoms with E-state index in [9.17, 15) is 0 Å². The summed E-state index contributed by atoms with van der Waals surface area (Å²) in [5, 5.41) is 4.25. The van der Waals surface area contributed by atoms with E-state index >= 15 is 0 Å². The summed E-state index contributed by atoms with van der Waals surface area (Å²) >= 11 is 0. The molecule has 0 fully saturated rings. The molecule has 10 aromatic rings. The van der Waals surface area contributed by atoms with Crippen LogP contribution in [-0.2, 0) is 0 Å². The first-order chi connectivity index (χ1) is 24.8. The SMILES string of the molecule is c1ccc(-c2ccc(-c3nc(-c4ccccc4)nc(-c4ccc5c(c4)oc4c(-c6cccc7c6oc6ccccc67)cccc45)n3)cc2)cc1. The summed E-state index contributed by atoms with van der Waals surface area (Å²) in [5.74, 6) is 1.80. The molecule has 3 heterocycles. The van der Waals surface area contributed by atoms with E-state index in [1.54, 1.807) is 0 Å². The topological polar surface area (TPSA) is 65.0 Å². The maximum atomic E-state index is 6.70. The van der Waals surface area contributed by atoms with Gasteiger partial charge in [0.1, 0.15) is 22.3 Å². The summed E-state index contributed by atoms with van der Waals surface area (Å²) in [6.45, 7) is 0. The number of hydrogen-bond acceptors (Lipinski definition) is 5. The molecule has 0 radical (unpaired) electrons. The van der Waals surface area contributed by atoms with Gasteiger partial charge in [-0.2, -0.15) is 0 Å². The molecule has 0 bridgehead atoms. The summed E-state index contributed by atoms with van der Waals surface area (Å²) in [7, 11) is 0. The second-order valence-corrected chi connectivity index (χ2v) is 12.4. The zero-order chi connectivity index (χ0) is 33.0. The van der Waals surface area contributed by atoms with Gasteiger partial charge in [-0.05, 0) is 29.3 Å². The van der Waals surface area contributed by atoms with Gasteiger partial charge in [0.05, 0.1) is 0 Å². The van der Waals surface area contributed by atoms with Gasteiger partial charge < -0.3 is 8.83 Å². The maximum Gasteiger partial charge on any atom is 0.164 e. The maximum absolute atomic E-state index is 6.70. The molecule has 234 valence electrons. The summed E-state index contributed by atoms with van der Waals surface area (Å²) in [4.78, 5) is 14.9. The van der Waals surface area contributed by atoms with Crippen LogP contribution in [0.15, 0.2) is 173 Å². The number of aromatic nitrogens is 3. The van der Waals surface area contributed by atoms with Gasteiger partial charge in [0.25, 0.3) is 0 Å². The van der Waals surface area contributed by atoms with Crippen LogP contribution in [0.2, 0.25) is 0 Å². The van der Waals surface area contributed by atoms with Crippen LogP contribution in [0.1, 0.15) is 0 Å². The highest BCUT2D eigenvalue weighted by Gasteiger charge is 2.19. The molecule has 7 aromatic carbocycles. The summed E-state index contributed by atoms with van der Waals surface area (Å²) < 4.78 is 13.1. The molecule has 5 nitrogen and oxygen atoms in total. The molecule has 0 saturated carbocycles. The van der Waals surface area contributed by atoms with E-state index in [2.05, 4.69) is 103 Å². The molecule has 10 rings (SSSR count). The average molecular weight is 642 g/mol. The fourth-order valence-electron chi connectivity index (χ4n) is 6.90. The lowest BCUT2D eigenvalue weighted by molar-refractivity contribution is 0.665. The van der Waals surface area contributed by atoms with Crippen molar-refractivity contribution in [2.75, 3.05) is 0 Å². The zero-order valence-electron chi connectivity index (χ0n) is 26.7. The van der Waals surface area contributed by atoms with Crippen LogP contribution < -0.4 is 0 Å². The number of rotatable bonds is 5. The number of fused-ring (bicyclic) bond motifs is 6. The second-order valence-electron chi connectivity index (χ2n) is 12.4. The molecule has 0 aliphatic heterocycles. The lowest BCUT2D eigenvalue weighted by Gasteiger charge is -2.09. The fourth-order valence-corrected chi connectivity index (χ4v) is 6.90. The summed E-state index contributed by atoms with van der Waals surface area (Å²) in [6.07, 6.45) is 0. The molecule has 50 heavy (non-hydrogen) atoms. The largest absolute Gasteiger partial charge is 0.455 e. The standard InChI is InChI=1S/C45H27N3O2/c1-3-11-28(12-4-1)29-21-23-31(24-22-29)44-46-43(30-13-5-2-6-14-30)47-45(48-44)32-25-26-34-36-17-10-19-38(42(36)50-40(34)27-32)37-18-9-16-35-33-15-7-8-20-39(33)49-41(35)37/h1-27H. The Kier molecular flexibility index (Phi) is 6.42. The Hall–Kier alpha value is -6.85. The molecule has 0 saturated heterocycles. The predicted molar refractivity (Wildman–Crippen MR) is 202 cm³/mol. The van der Waals surface area contributed by atoms with Crippen molar-refractivity contribution in [1.29, 1.82) is 0 Å². The average Bonchev–Trinajstić information content (AvgIpc) is 3.77. The molecular weight excluding hydrogens is 615 g/mol. The van der Waals surface area contributed by atoms with Crippen LogP contribution in [-0.4, -0.2) is 15.0 Å². The minimum Gasteiger partial charge on any atom is -0.455 e. The molecule has 3 aromatic heterocycles. The van der Waals surface area contributed by atoms with Crippen molar-refractivity contribution in [2.24, 2.45) is 0 Å². The van der Waals surface area contributed by atoms with Crippen molar-refractivity contribution < 1.29 is 8.83 Å². The quantitative estimate of drug-likeness (QED) is 0.187. The molecule has 0 aliphatic carbocycles. The molecule has 0 N–H and O–H groups in total. The van der Waals surface area contributed by atoms with Crippen LogP contribution in [0.4, 0.5) is 0 Å². The number of para-hydroxylation sites is 3. The third-order valence-corrected chi connectivity index (χ3v) is 9.37. The first-order valence-electron chi connectivity index (χ1n) is 16.6. The van der Waals surface area contributed by atoms with E-state index in [0.717, 1.165) is 82.8 Å². The van der Waals surface area contributed by atoms with Crippen LogP contribution in [0, 0.1) is 0 Å². The molecule has 0 unspecified atom stereocenters. The first kappa shape index (κ1) is 28.2. The van der Waals surface area contributed by atoms with E-state index in [-0.39, 0.29) is 0 Å². The van der Waals surface area contributed by atoms with Crippen LogP contribution in [0.3, 0.4) is 0 Å². The molecule has 0 spiro atoms. The van der Waals surface area contributed by atoms with Crippen LogP contribution >= 0.6 is 0 Å². The van der Waals surface area contributed by atoms with Crippen molar-refractivity contribution >= 4 is 43.9 Å². The van der Waals surface area contributed by atoms with Gasteiger partial charge in [-0.3, -0.25) is 0 Å². The molecular formula is C45H27N3O2. The van der Waals surface area contributed by atoms with E-state index in [1.165, 1.54) is 0 Å². The van der Waals surface area contributed by atoms with Gasteiger partial charge in [-0.15, -0.1) is 0 Å². The van der Waals surface area contributed by atoms with E-state index in [4.69, 9.17) is 23.8 Å². The second kappa shape index (κ2) is 11.4. The summed E-state index contributed by atoms with van der Waals surface area (Å²) in [6, 6.07) is 55.7. The highest BCUT2D eigenvalue weighted by atomic mass is 16.3. The minimum atomic E-state index is 0.579. The van der Waals surface area contributed by atoms with Gasteiger partial charge in [0.15, 0.2) is 17.5 Å². The minimum absolute atomic E-state index is 0.579. The molecule has 0 amide bonds. The Morgan fingerprint density at radius 1 is 0.300 bits per heavy atom. The lowest BCUT2D eigenvalue weighted by Crippen LogP contribution is -2.00. The number of benzene rings is 7. The smallest absolute Gasteiger partial charge is 0.164 e. The van der Waals surface area contributed by atoms with Crippen molar-refractivity contribution in [3.8, 4) is 56.4 Å². The van der Waals surface area contributed by atoms with Crippen LogP contribution in [0.25, 0.3) is 100 Å². The highest BCUT2D eigenvalue weighted by Crippen LogP contribution is 2.41.